The zero-order chi connectivity index (χ0) is 26.2. The van der Waals surface area contributed by atoms with Crippen LogP contribution < -0.4 is 15.4 Å². The first-order valence-corrected chi connectivity index (χ1v) is 13.4. The number of hydrogen-bond acceptors (Lipinski definition) is 10. The van der Waals surface area contributed by atoms with E-state index < -0.39 is 0 Å². The number of nitrogens with one attached hydrogen (secondary N) is 2. The van der Waals surface area contributed by atoms with E-state index >= 15 is 0 Å². The molecule has 0 unspecified atom stereocenters. The van der Waals surface area contributed by atoms with Crippen molar-refractivity contribution in [3.05, 3.63) is 58.9 Å². The summed E-state index contributed by atoms with van der Waals surface area (Å²) in [5.74, 6) is 1.69. The number of ether oxygens (including phenoxy) is 1. The van der Waals surface area contributed by atoms with Crippen LogP contribution in [0, 0.1) is 6.92 Å². The van der Waals surface area contributed by atoms with E-state index in [4.69, 9.17) is 20.9 Å². The van der Waals surface area contributed by atoms with E-state index in [0.29, 0.717) is 44.1 Å². The summed E-state index contributed by atoms with van der Waals surface area (Å²) in [4.78, 5) is 28.8. The second-order valence-corrected chi connectivity index (χ2v) is 10.5. The number of thioether (sulfide) groups is 1. The Hall–Kier alpha value is -3.48. The van der Waals surface area contributed by atoms with Gasteiger partial charge in [-0.2, -0.15) is 4.98 Å². The lowest BCUT2D eigenvalue weighted by Crippen LogP contribution is -2.12. The summed E-state index contributed by atoms with van der Waals surface area (Å²) in [6.07, 6.45) is 0.729. The molecule has 13 heteroatoms. The molecule has 2 heterocycles. The summed E-state index contributed by atoms with van der Waals surface area (Å²) in [6.45, 7) is 1.90. The molecular weight excluding hydrogens is 536 g/mol. The highest BCUT2D eigenvalue weighted by Gasteiger charge is 2.13. The van der Waals surface area contributed by atoms with Gasteiger partial charge in [-0.05, 0) is 48.9 Å². The summed E-state index contributed by atoms with van der Waals surface area (Å²) in [6, 6.07) is 12.7. The van der Waals surface area contributed by atoms with Crippen molar-refractivity contribution in [1.29, 1.82) is 0 Å². The number of nitrogens with zero attached hydrogens (tertiary/aromatic N) is 4. The van der Waals surface area contributed by atoms with Crippen molar-refractivity contribution in [1.82, 2.24) is 20.3 Å². The van der Waals surface area contributed by atoms with Crippen LogP contribution in [-0.2, 0) is 16.0 Å². The number of hydrogen-bond donors (Lipinski definition) is 2. The van der Waals surface area contributed by atoms with Gasteiger partial charge in [-0.3, -0.25) is 9.59 Å². The number of carbonyl (C=O) groups excluding carboxylic acids is 2. The van der Waals surface area contributed by atoms with Gasteiger partial charge in [0.25, 0.3) is 0 Å². The van der Waals surface area contributed by atoms with Crippen molar-refractivity contribution in [2.45, 2.75) is 30.5 Å². The first kappa shape index (κ1) is 26.6. The molecule has 0 fully saturated rings. The number of aryl methyl sites for hydroxylation is 2. The molecule has 0 radical (unpaired) electrons. The fourth-order valence-electron chi connectivity index (χ4n) is 3.06. The summed E-state index contributed by atoms with van der Waals surface area (Å²) < 4.78 is 11.0. The Morgan fingerprint density at radius 2 is 1.86 bits per heavy atom. The van der Waals surface area contributed by atoms with Gasteiger partial charge in [-0.15, -0.1) is 10.2 Å². The molecule has 192 valence electrons. The number of carbonyl (C=O) groups is 2. The molecular formula is C24H23ClN6O4S2. The number of halogens is 1. The van der Waals surface area contributed by atoms with Crippen LogP contribution in [0.5, 0.6) is 5.75 Å². The Balaban J connectivity index is 1.18. The molecule has 2 N–H and O–H groups in total. The van der Waals surface area contributed by atoms with Crippen LogP contribution >= 0.6 is 34.7 Å². The fourth-order valence-corrected chi connectivity index (χ4v) is 5.02. The smallest absolute Gasteiger partial charge is 0.227 e. The van der Waals surface area contributed by atoms with Gasteiger partial charge in [-0.1, -0.05) is 45.9 Å². The highest BCUT2D eigenvalue weighted by molar-refractivity contribution is 8.01. The highest BCUT2D eigenvalue weighted by Crippen LogP contribution is 2.27. The van der Waals surface area contributed by atoms with Gasteiger partial charge in [-0.25, -0.2) is 0 Å². The molecule has 4 aromatic rings. The fraction of sp³-hybridized carbons (Fsp3) is 0.250. The largest absolute Gasteiger partial charge is 0.497 e. The van der Waals surface area contributed by atoms with Gasteiger partial charge in [0.1, 0.15) is 5.75 Å². The molecule has 0 spiro atoms. The average molecular weight is 559 g/mol. The summed E-state index contributed by atoms with van der Waals surface area (Å²) in [7, 11) is 1.60. The predicted octanol–water partition coefficient (Wildman–Crippen LogP) is 5.25. The molecule has 2 aromatic carbocycles. The SMILES string of the molecule is COc1ccc(-c2noc(CCC(=O)Nc3nnc(SCCC(=O)Nc4ccc(C)c(Cl)c4)s3)n2)cc1. The molecule has 0 aliphatic carbocycles. The third-order valence-corrected chi connectivity index (χ3v) is 7.43. The maximum Gasteiger partial charge on any atom is 0.227 e. The predicted molar refractivity (Wildman–Crippen MR) is 143 cm³/mol. The maximum atomic E-state index is 12.3. The second-order valence-electron chi connectivity index (χ2n) is 7.77. The van der Waals surface area contributed by atoms with E-state index in [1.165, 1.54) is 23.1 Å². The Labute approximate surface area is 226 Å². The molecule has 0 aliphatic heterocycles. The molecule has 2 aromatic heterocycles. The minimum atomic E-state index is -0.243. The number of anilines is 2. The Morgan fingerprint density at radius 1 is 1.08 bits per heavy atom. The van der Waals surface area contributed by atoms with Gasteiger partial charge in [0.15, 0.2) is 4.34 Å². The van der Waals surface area contributed by atoms with Gasteiger partial charge in [0.2, 0.25) is 28.7 Å². The molecule has 0 aliphatic rings. The maximum absolute atomic E-state index is 12.3. The number of rotatable bonds is 11. The molecule has 4 rings (SSSR count). The lowest BCUT2D eigenvalue weighted by Gasteiger charge is -2.06. The molecule has 0 bridgehead atoms. The van der Waals surface area contributed by atoms with Crippen molar-refractivity contribution in [2.24, 2.45) is 0 Å². The minimum absolute atomic E-state index is 0.123. The van der Waals surface area contributed by atoms with E-state index in [1.807, 2.05) is 43.3 Å². The molecule has 37 heavy (non-hydrogen) atoms. The van der Waals surface area contributed by atoms with Crippen LogP contribution in [0.3, 0.4) is 0 Å². The van der Waals surface area contributed by atoms with Gasteiger partial charge in [0.05, 0.1) is 7.11 Å². The third-order valence-electron chi connectivity index (χ3n) is 5.05. The van der Waals surface area contributed by atoms with Crippen molar-refractivity contribution in [3.8, 4) is 17.1 Å². The number of methoxy groups -OCH3 is 1. The molecule has 10 nitrogen and oxygen atoms in total. The quantitative estimate of drug-likeness (QED) is 0.187. The number of benzene rings is 2. The zero-order valence-corrected chi connectivity index (χ0v) is 22.4. The molecule has 0 saturated carbocycles. The Kier molecular flexibility index (Phi) is 9.09. The van der Waals surface area contributed by atoms with E-state index in [-0.39, 0.29) is 24.7 Å². The monoisotopic (exact) mass is 558 g/mol. The topological polar surface area (TPSA) is 132 Å². The van der Waals surface area contributed by atoms with Crippen molar-refractivity contribution in [3.63, 3.8) is 0 Å². The summed E-state index contributed by atoms with van der Waals surface area (Å²) in [5.41, 5.74) is 2.39. The number of aromatic nitrogens is 4. The van der Waals surface area contributed by atoms with Gasteiger partial charge < -0.3 is 19.9 Å². The van der Waals surface area contributed by atoms with Crippen LogP contribution in [0.1, 0.15) is 24.3 Å². The van der Waals surface area contributed by atoms with E-state index in [1.54, 1.807) is 13.2 Å². The summed E-state index contributed by atoms with van der Waals surface area (Å²) >= 11 is 8.73. The van der Waals surface area contributed by atoms with Crippen molar-refractivity contribution >= 4 is 57.3 Å². The Morgan fingerprint density at radius 3 is 2.62 bits per heavy atom. The van der Waals surface area contributed by atoms with E-state index in [9.17, 15) is 9.59 Å². The molecule has 0 atom stereocenters. The second kappa shape index (κ2) is 12.7. The first-order chi connectivity index (χ1) is 17.9. The minimum Gasteiger partial charge on any atom is -0.497 e. The van der Waals surface area contributed by atoms with Gasteiger partial charge in [0, 0.05) is 41.3 Å². The summed E-state index contributed by atoms with van der Waals surface area (Å²) in [5, 5.41) is 18.5. The molecule has 0 saturated heterocycles. The normalized spacial score (nSPS) is 10.8. The van der Waals surface area contributed by atoms with Crippen LogP contribution in [0.15, 0.2) is 51.3 Å². The van der Waals surface area contributed by atoms with Crippen LogP contribution in [-0.4, -0.2) is 45.0 Å². The van der Waals surface area contributed by atoms with Gasteiger partial charge >= 0.3 is 0 Å². The van der Waals surface area contributed by atoms with Crippen LogP contribution in [0.2, 0.25) is 5.02 Å². The Bertz CT molecular complexity index is 1380. The standard InChI is InChI=1S/C24H23ClN6O4S2/c1-14-3-6-16(13-18(14)25)26-20(33)11-12-36-24-30-29-23(37-24)27-19(32)9-10-21-28-22(31-35-21)15-4-7-17(34-2)8-5-15/h3-8,13H,9-12H2,1-2H3,(H,26,33)(H,27,29,32). The highest BCUT2D eigenvalue weighted by atomic mass is 35.5. The van der Waals surface area contributed by atoms with Crippen LogP contribution in [0.25, 0.3) is 11.4 Å². The van der Waals surface area contributed by atoms with E-state index in [0.717, 1.165) is 16.9 Å². The van der Waals surface area contributed by atoms with Crippen LogP contribution in [0.4, 0.5) is 10.8 Å². The van der Waals surface area contributed by atoms with Crippen molar-refractivity contribution in [2.75, 3.05) is 23.5 Å². The van der Waals surface area contributed by atoms with E-state index in [2.05, 4.69) is 31.0 Å². The first-order valence-electron chi connectivity index (χ1n) is 11.2. The lowest BCUT2D eigenvalue weighted by molar-refractivity contribution is -0.116. The molecule has 2 amide bonds. The zero-order valence-electron chi connectivity index (χ0n) is 20.0. The van der Waals surface area contributed by atoms with Crippen molar-refractivity contribution < 1.29 is 18.8 Å². The number of amides is 2. The lowest BCUT2D eigenvalue weighted by atomic mass is 10.2. The average Bonchev–Trinajstić information content (AvgIpc) is 3.55. The third kappa shape index (κ3) is 7.75.